The Bertz CT molecular complexity index is 976. The summed E-state index contributed by atoms with van der Waals surface area (Å²) in [5, 5.41) is 5.57. The lowest BCUT2D eigenvalue weighted by Gasteiger charge is -2.32. The van der Waals surface area contributed by atoms with E-state index >= 15 is 0 Å². The summed E-state index contributed by atoms with van der Waals surface area (Å²) >= 11 is 9.30. The zero-order valence-electron chi connectivity index (χ0n) is 17.4. The Morgan fingerprint density at radius 2 is 2.07 bits per heavy atom. The van der Waals surface area contributed by atoms with Gasteiger partial charge in [0.15, 0.2) is 0 Å². The molecule has 5 nitrogen and oxygen atoms in total. The number of hydrogen-bond donors (Lipinski definition) is 2. The predicted molar refractivity (Wildman–Crippen MR) is 126 cm³/mol. The summed E-state index contributed by atoms with van der Waals surface area (Å²) in [7, 11) is 2.04. The molecular formula is C21H25ClFN5S2. The molecule has 0 aliphatic carbocycles. The van der Waals surface area contributed by atoms with Gasteiger partial charge in [-0.25, -0.2) is 14.4 Å². The quantitative estimate of drug-likeness (QED) is 0.381. The molecule has 9 heteroatoms. The number of halogens is 2. The summed E-state index contributed by atoms with van der Waals surface area (Å²) in [6, 6.07) is 7.01. The van der Waals surface area contributed by atoms with Crippen molar-refractivity contribution in [1.29, 1.82) is 0 Å². The number of nitrogens with zero attached hydrogens (tertiary/aromatic N) is 3. The van der Waals surface area contributed by atoms with E-state index in [1.54, 1.807) is 17.8 Å². The number of hydrogen-bond acceptors (Lipinski definition) is 7. The van der Waals surface area contributed by atoms with Gasteiger partial charge < -0.3 is 10.0 Å². The van der Waals surface area contributed by atoms with Gasteiger partial charge in [-0.1, -0.05) is 23.7 Å². The SMILES string of the molecule is CN(Cc1cccc(F)c1CNc1ncc(SNc2cscn2)cc1Cl)C(C)(C)C. The lowest BCUT2D eigenvalue weighted by molar-refractivity contribution is 0.167. The first kappa shape index (κ1) is 22.8. The second kappa shape index (κ2) is 9.96. The molecule has 0 fully saturated rings. The van der Waals surface area contributed by atoms with Gasteiger partial charge in [-0.15, -0.1) is 11.3 Å². The van der Waals surface area contributed by atoms with Gasteiger partial charge in [0.05, 0.1) is 10.5 Å². The summed E-state index contributed by atoms with van der Waals surface area (Å²) in [6.45, 7) is 7.36. The van der Waals surface area contributed by atoms with Crippen molar-refractivity contribution in [1.82, 2.24) is 14.9 Å². The molecule has 0 aliphatic heterocycles. The van der Waals surface area contributed by atoms with Crippen LogP contribution in [0, 0.1) is 5.82 Å². The van der Waals surface area contributed by atoms with Crippen molar-refractivity contribution in [3.05, 3.63) is 63.3 Å². The van der Waals surface area contributed by atoms with E-state index < -0.39 is 0 Å². The van der Waals surface area contributed by atoms with Gasteiger partial charge in [0.2, 0.25) is 0 Å². The largest absolute Gasteiger partial charge is 0.365 e. The summed E-state index contributed by atoms with van der Waals surface area (Å²) in [4.78, 5) is 11.6. The van der Waals surface area contributed by atoms with Gasteiger partial charge in [-0.3, -0.25) is 4.90 Å². The van der Waals surface area contributed by atoms with Crippen molar-refractivity contribution in [2.45, 2.75) is 44.3 Å². The topological polar surface area (TPSA) is 53.1 Å². The minimum absolute atomic E-state index is 0.0119. The Hall–Kier alpha value is -1.87. The van der Waals surface area contributed by atoms with E-state index in [1.165, 1.54) is 29.4 Å². The molecule has 0 saturated carbocycles. The minimum Gasteiger partial charge on any atom is -0.365 e. The summed E-state index contributed by atoms with van der Waals surface area (Å²) in [5.74, 6) is 1.07. The highest BCUT2D eigenvalue weighted by Crippen LogP contribution is 2.28. The first-order valence-corrected chi connectivity index (χ1v) is 11.6. The first-order chi connectivity index (χ1) is 14.2. The molecule has 3 aromatic rings. The van der Waals surface area contributed by atoms with Gasteiger partial charge in [0, 0.05) is 40.7 Å². The molecule has 0 amide bonds. The maximum atomic E-state index is 14.6. The van der Waals surface area contributed by atoms with E-state index in [9.17, 15) is 4.39 Å². The highest BCUT2D eigenvalue weighted by Gasteiger charge is 2.19. The predicted octanol–water partition coefficient (Wildman–Crippen LogP) is 6.29. The van der Waals surface area contributed by atoms with Gasteiger partial charge in [-0.2, -0.15) is 0 Å². The summed E-state index contributed by atoms with van der Waals surface area (Å²) in [6.07, 6.45) is 1.72. The van der Waals surface area contributed by atoms with Gasteiger partial charge in [-0.05, 0) is 57.5 Å². The molecule has 2 N–H and O–H groups in total. The van der Waals surface area contributed by atoms with Crippen LogP contribution in [-0.2, 0) is 13.1 Å². The van der Waals surface area contributed by atoms with E-state index in [0.717, 1.165) is 16.3 Å². The maximum Gasteiger partial charge on any atom is 0.147 e. The zero-order valence-corrected chi connectivity index (χ0v) is 19.8. The van der Waals surface area contributed by atoms with Crippen LogP contribution in [0.1, 0.15) is 31.9 Å². The molecule has 0 spiro atoms. The molecule has 0 bridgehead atoms. The van der Waals surface area contributed by atoms with E-state index in [-0.39, 0.29) is 11.4 Å². The highest BCUT2D eigenvalue weighted by atomic mass is 35.5. The third-order valence-electron chi connectivity index (χ3n) is 4.72. The number of nitrogens with one attached hydrogen (secondary N) is 2. The number of pyridine rings is 1. The van der Waals surface area contributed by atoms with E-state index in [1.807, 2.05) is 24.6 Å². The maximum absolute atomic E-state index is 14.6. The molecule has 0 radical (unpaired) electrons. The van der Waals surface area contributed by atoms with E-state index in [0.29, 0.717) is 29.5 Å². The fraction of sp³-hybridized carbons (Fsp3) is 0.333. The van der Waals surface area contributed by atoms with Crippen molar-refractivity contribution in [2.24, 2.45) is 0 Å². The lowest BCUT2D eigenvalue weighted by atomic mass is 10.0. The smallest absolute Gasteiger partial charge is 0.147 e. The molecular weight excluding hydrogens is 441 g/mol. The number of thiazole rings is 1. The van der Waals surface area contributed by atoms with Crippen molar-refractivity contribution in [3.63, 3.8) is 0 Å². The molecule has 160 valence electrons. The Morgan fingerprint density at radius 1 is 1.27 bits per heavy atom. The van der Waals surface area contributed by atoms with Gasteiger partial charge in [0.25, 0.3) is 0 Å². The third kappa shape index (κ3) is 6.07. The van der Waals surface area contributed by atoms with Crippen LogP contribution in [0.3, 0.4) is 0 Å². The summed E-state index contributed by atoms with van der Waals surface area (Å²) < 4.78 is 17.7. The Balaban J connectivity index is 1.68. The molecule has 0 unspecified atom stereocenters. The monoisotopic (exact) mass is 465 g/mol. The fourth-order valence-corrected chi connectivity index (χ4v) is 4.07. The third-order valence-corrected chi connectivity index (χ3v) is 6.37. The molecule has 30 heavy (non-hydrogen) atoms. The van der Waals surface area contributed by atoms with Crippen LogP contribution >= 0.6 is 34.9 Å². The summed E-state index contributed by atoms with van der Waals surface area (Å²) in [5.41, 5.74) is 3.31. The molecule has 2 aromatic heterocycles. The molecule has 0 aliphatic rings. The van der Waals surface area contributed by atoms with Crippen LogP contribution in [0.25, 0.3) is 0 Å². The normalized spacial score (nSPS) is 11.7. The van der Waals surface area contributed by atoms with Crippen molar-refractivity contribution < 1.29 is 4.39 Å². The van der Waals surface area contributed by atoms with E-state index in [2.05, 4.69) is 45.7 Å². The molecule has 0 saturated heterocycles. The second-order valence-corrected chi connectivity index (χ2v) is 9.84. The number of benzene rings is 1. The van der Waals surface area contributed by atoms with Gasteiger partial charge >= 0.3 is 0 Å². The average molecular weight is 466 g/mol. The van der Waals surface area contributed by atoms with Crippen LogP contribution in [0.15, 0.2) is 46.2 Å². The fourth-order valence-electron chi connectivity index (χ4n) is 2.59. The van der Waals surface area contributed by atoms with Crippen LogP contribution in [0.4, 0.5) is 16.0 Å². The van der Waals surface area contributed by atoms with Crippen LogP contribution in [0.5, 0.6) is 0 Å². The Labute approximate surface area is 190 Å². The Kier molecular flexibility index (Phi) is 7.57. The zero-order chi connectivity index (χ0) is 21.7. The number of rotatable bonds is 8. The highest BCUT2D eigenvalue weighted by molar-refractivity contribution is 8.00. The van der Waals surface area contributed by atoms with Crippen LogP contribution < -0.4 is 10.0 Å². The standard InChI is InChI=1S/C21H25ClFN5S2/c1-21(2,3)28(4)11-14-6-5-7-18(23)16(14)10-25-20-17(22)8-15(9-24-20)30-27-19-12-29-13-26-19/h5-9,12-13,27H,10-11H2,1-4H3,(H,24,25). The molecule has 0 atom stereocenters. The Morgan fingerprint density at radius 3 is 2.73 bits per heavy atom. The van der Waals surface area contributed by atoms with Crippen LogP contribution in [-0.4, -0.2) is 27.5 Å². The van der Waals surface area contributed by atoms with E-state index in [4.69, 9.17) is 11.6 Å². The molecule has 2 heterocycles. The number of anilines is 2. The molecule has 1 aromatic carbocycles. The van der Waals surface area contributed by atoms with Gasteiger partial charge in [0.1, 0.15) is 17.5 Å². The van der Waals surface area contributed by atoms with Crippen molar-refractivity contribution in [2.75, 3.05) is 17.1 Å². The minimum atomic E-state index is -0.238. The average Bonchev–Trinajstić information content (AvgIpc) is 3.20. The second-order valence-electron chi connectivity index (χ2n) is 7.84. The number of aromatic nitrogens is 2. The van der Waals surface area contributed by atoms with Crippen molar-refractivity contribution in [3.8, 4) is 0 Å². The van der Waals surface area contributed by atoms with Crippen molar-refractivity contribution >= 4 is 46.5 Å². The van der Waals surface area contributed by atoms with Crippen LogP contribution in [0.2, 0.25) is 5.02 Å². The first-order valence-electron chi connectivity index (χ1n) is 9.42. The molecule has 3 rings (SSSR count). The lowest BCUT2D eigenvalue weighted by Crippen LogP contribution is -2.37.